The van der Waals surface area contributed by atoms with Crippen molar-refractivity contribution in [3.63, 3.8) is 0 Å². The Bertz CT molecular complexity index is 750. The summed E-state index contributed by atoms with van der Waals surface area (Å²) in [5, 5.41) is 9.09. The second kappa shape index (κ2) is 9.20. The maximum atomic E-state index is 5.99. The van der Waals surface area contributed by atoms with E-state index < -0.39 is 0 Å². The van der Waals surface area contributed by atoms with E-state index in [4.69, 9.17) is 9.15 Å². The summed E-state index contributed by atoms with van der Waals surface area (Å²) >= 11 is 0. The van der Waals surface area contributed by atoms with Gasteiger partial charge in [-0.1, -0.05) is 6.92 Å². The number of ether oxygens (including phenoxy) is 1. The van der Waals surface area contributed by atoms with Gasteiger partial charge in [0.25, 0.3) is 0 Å². The van der Waals surface area contributed by atoms with Crippen LogP contribution in [0.3, 0.4) is 0 Å². The van der Waals surface area contributed by atoms with Crippen molar-refractivity contribution in [3.8, 4) is 0 Å². The zero-order valence-corrected chi connectivity index (χ0v) is 17.3. The van der Waals surface area contributed by atoms with E-state index in [2.05, 4.69) is 50.7 Å². The molecule has 0 aromatic carbocycles. The summed E-state index contributed by atoms with van der Waals surface area (Å²) in [6.07, 6.45) is 4.52. The third-order valence-corrected chi connectivity index (χ3v) is 5.93. The number of furan rings is 1. The van der Waals surface area contributed by atoms with Crippen LogP contribution < -0.4 is 0 Å². The minimum Gasteiger partial charge on any atom is -0.465 e. The van der Waals surface area contributed by atoms with E-state index >= 15 is 0 Å². The molecule has 28 heavy (non-hydrogen) atoms. The van der Waals surface area contributed by atoms with E-state index in [0.29, 0.717) is 5.92 Å². The third-order valence-electron chi connectivity index (χ3n) is 5.93. The highest BCUT2D eigenvalue weighted by Crippen LogP contribution is 2.27. The van der Waals surface area contributed by atoms with Crippen LogP contribution in [0.1, 0.15) is 55.3 Å². The van der Waals surface area contributed by atoms with Gasteiger partial charge in [0.1, 0.15) is 23.2 Å². The fourth-order valence-electron chi connectivity index (χ4n) is 4.35. The van der Waals surface area contributed by atoms with Crippen molar-refractivity contribution in [2.75, 3.05) is 39.4 Å². The highest BCUT2D eigenvalue weighted by molar-refractivity contribution is 5.09. The fourth-order valence-corrected chi connectivity index (χ4v) is 4.35. The molecule has 2 aromatic rings. The highest BCUT2D eigenvalue weighted by atomic mass is 16.5. The Balaban J connectivity index is 1.37. The van der Waals surface area contributed by atoms with Gasteiger partial charge in [0.2, 0.25) is 0 Å². The van der Waals surface area contributed by atoms with Gasteiger partial charge in [-0.05, 0) is 37.9 Å². The molecular formula is C21H33N5O2. The summed E-state index contributed by atoms with van der Waals surface area (Å²) in [5.74, 6) is 4.81. The number of aryl methyl sites for hydroxylation is 1. The van der Waals surface area contributed by atoms with Gasteiger partial charge in [-0.15, -0.1) is 10.2 Å². The predicted molar refractivity (Wildman–Crippen MR) is 107 cm³/mol. The molecule has 1 atom stereocenters. The molecule has 0 N–H and O–H groups in total. The van der Waals surface area contributed by atoms with Gasteiger partial charge in [-0.2, -0.15) is 0 Å². The first-order valence-electron chi connectivity index (χ1n) is 10.7. The van der Waals surface area contributed by atoms with Crippen molar-refractivity contribution in [1.82, 2.24) is 24.6 Å². The normalized spacial score (nSPS) is 22.0. The Morgan fingerprint density at radius 3 is 2.68 bits per heavy atom. The molecule has 0 radical (unpaired) electrons. The van der Waals surface area contributed by atoms with Gasteiger partial charge >= 0.3 is 0 Å². The van der Waals surface area contributed by atoms with Gasteiger partial charge in [0, 0.05) is 39.0 Å². The van der Waals surface area contributed by atoms with Crippen LogP contribution in [0.4, 0.5) is 0 Å². The Morgan fingerprint density at radius 1 is 1.04 bits per heavy atom. The summed E-state index contributed by atoms with van der Waals surface area (Å²) in [4.78, 5) is 4.90. The molecule has 0 bridgehead atoms. The van der Waals surface area contributed by atoms with E-state index in [1.54, 1.807) is 0 Å². The standard InChI is InChI=1S/C21H33N5O2/c1-3-5-18-7-8-19(28-18)15-26-9-4-6-17(14-26)21-23-22-20(24(21)2)16-25-10-12-27-13-11-25/h7-8,17H,3-6,9-16H2,1-2H3/t17-/m0/s1. The van der Waals surface area contributed by atoms with Crippen molar-refractivity contribution < 1.29 is 9.15 Å². The molecule has 2 aliphatic rings. The van der Waals surface area contributed by atoms with E-state index in [1.807, 2.05) is 0 Å². The number of nitrogens with zero attached hydrogens (tertiary/aromatic N) is 5. The molecular weight excluding hydrogens is 354 g/mol. The van der Waals surface area contributed by atoms with Gasteiger partial charge < -0.3 is 13.7 Å². The van der Waals surface area contributed by atoms with Crippen LogP contribution >= 0.6 is 0 Å². The van der Waals surface area contributed by atoms with Crippen molar-refractivity contribution in [1.29, 1.82) is 0 Å². The number of morpholine rings is 1. The highest BCUT2D eigenvalue weighted by Gasteiger charge is 2.27. The number of hydrogen-bond donors (Lipinski definition) is 0. The van der Waals surface area contributed by atoms with Crippen LogP contribution in [0.5, 0.6) is 0 Å². The van der Waals surface area contributed by atoms with E-state index in [0.717, 1.165) is 88.5 Å². The summed E-state index contributed by atoms with van der Waals surface area (Å²) < 4.78 is 13.7. The largest absolute Gasteiger partial charge is 0.465 e. The number of aromatic nitrogens is 3. The predicted octanol–water partition coefficient (Wildman–Crippen LogP) is 2.57. The maximum absolute atomic E-state index is 5.99. The van der Waals surface area contributed by atoms with Crippen LogP contribution in [0.15, 0.2) is 16.5 Å². The molecule has 2 aliphatic heterocycles. The fraction of sp³-hybridized carbons (Fsp3) is 0.714. The molecule has 0 aliphatic carbocycles. The minimum atomic E-state index is 0.440. The van der Waals surface area contributed by atoms with Crippen LogP contribution in [0.2, 0.25) is 0 Å². The van der Waals surface area contributed by atoms with E-state index in [-0.39, 0.29) is 0 Å². The lowest BCUT2D eigenvalue weighted by Crippen LogP contribution is -2.36. The van der Waals surface area contributed by atoms with Gasteiger partial charge in [0.15, 0.2) is 0 Å². The van der Waals surface area contributed by atoms with Crippen LogP contribution in [-0.4, -0.2) is 64.0 Å². The minimum absolute atomic E-state index is 0.440. The van der Waals surface area contributed by atoms with Gasteiger partial charge in [0.05, 0.1) is 26.3 Å². The molecule has 4 heterocycles. The molecule has 154 valence electrons. The number of hydrogen-bond acceptors (Lipinski definition) is 6. The third kappa shape index (κ3) is 4.64. The first kappa shape index (κ1) is 19.6. The van der Waals surface area contributed by atoms with Crippen LogP contribution in [-0.2, 0) is 31.3 Å². The van der Waals surface area contributed by atoms with Crippen LogP contribution in [0, 0.1) is 0 Å². The van der Waals surface area contributed by atoms with Crippen LogP contribution in [0.25, 0.3) is 0 Å². The molecule has 0 saturated carbocycles. The molecule has 2 aromatic heterocycles. The Labute approximate surface area is 167 Å². The Morgan fingerprint density at radius 2 is 1.86 bits per heavy atom. The zero-order chi connectivity index (χ0) is 19.3. The molecule has 0 unspecified atom stereocenters. The van der Waals surface area contributed by atoms with Gasteiger partial charge in [-0.3, -0.25) is 9.80 Å². The Kier molecular flexibility index (Phi) is 6.44. The molecule has 0 amide bonds. The topological polar surface area (TPSA) is 59.6 Å². The first-order chi connectivity index (χ1) is 13.7. The summed E-state index contributed by atoms with van der Waals surface area (Å²) in [6, 6.07) is 4.26. The average Bonchev–Trinajstić information content (AvgIpc) is 3.30. The molecule has 2 fully saturated rings. The quantitative estimate of drug-likeness (QED) is 0.728. The lowest BCUT2D eigenvalue weighted by atomic mass is 9.97. The smallest absolute Gasteiger partial charge is 0.146 e. The number of piperidine rings is 1. The molecule has 7 nitrogen and oxygen atoms in total. The SMILES string of the molecule is CCCc1ccc(CN2CCC[C@H](c3nnc(CN4CCOCC4)n3C)C2)o1. The van der Waals surface area contributed by atoms with Crippen molar-refractivity contribution in [2.24, 2.45) is 7.05 Å². The Hall–Kier alpha value is -1.70. The van der Waals surface area contributed by atoms with Crippen molar-refractivity contribution >= 4 is 0 Å². The summed E-state index contributed by atoms with van der Waals surface area (Å²) in [5.41, 5.74) is 0. The zero-order valence-electron chi connectivity index (χ0n) is 17.3. The second-order valence-corrected chi connectivity index (χ2v) is 8.11. The average molecular weight is 388 g/mol. The first-order valence-corrected chi connectivity index (χ1v) is 10.7. The second-order valence-electron chi connectivity index (χ2n) is 8.11. The molecule has 2 saturated heterocycles. The summed E-state index contributed by atoms with van der Waals surface area (Å²) in [6.45, 7) is 9.65. The van der Waals surface area contributed by atoms with Gasteiger partial charge in [-0.25, -0.2) is 0 Å². The van der Waals surface area contributed by atoms with E-state index in [1.165, 1.54) is 12.8 Å². The van der Waals surface area contributed by atoms with Crippen molar-refractivity contribution in [2.45, 2.75) is 51.6 Å². The van der Waals surface area contributed by atoms with Crippen molar-refractivity contribution in [3.05, 3.63) is 35.3 Å². The lowest BCUT2D eigenvalue weighted by Gasteiger charge is -2.31. The van der Waals surface area contributed by atoms with E-state index in [9.17, 15) is 0 Å². The summed E-state index contributed by atoms with van der Waals surface area (Å²) in [7, 11) is 2.12. The molecule has 7 heteroatoms. The molecule has 0 spiro atoms. The number of likely N-dealkylation sites (tertiary alicyclic amines) is 1. The molecule has 4 rings (SSSR count). The maximum Gasteiger partial charge on any atom is 0.146 e. The monoisotopic (exact) mass is 387 g/mol. The lowest BCUT2D eigenvalue weighted by molar-refractivity contribution is 0.0326. The number of rotatable bonds is 7.